The van der Waals surface area contributed by atoms with Gasteiger partial charge in [-0.3, -0.25) is 4.79 Å². The SMILES string of the molecule is C[C@@H]1C[C@H](C)CN(S(=O)(=O)c2ccc(C(=O)N(C)c3ccccc3C(=O)O)cc2)C1. The van der Waals surface area contributed by atoms with Crippen LogP contribution in [0.15, 0.2) is 53.4 Å². The summed E-state index contributed by atoms with van der Waals surface area (Å²) >= 11 is 0. The molecule has 1 N–H and O–H groups in total. The number of carboxylic acid groups (broad SMARTS) is 1. The van der Waals surface area contributed by atoms with Gasteiger partial charge >= 0.3 is 5.97 Å². The van der Waals surface area contributed by atoms with Crippen molar-refractivity contribution in [3.63, 3.8) is 0 Å². The van der Waals surface area contributed by atoms with Crippen LogP contribution in [0.3, 0.4) is 0 Å². The maximum atomic E-state index is 13.0. The summed E-state index contributed by atoms with van der Waals surface area (Å²) in [6.45, 7) is 5.07. The zero-order valence-electron chi connectivity index (χ0n) is 17.3. The molecule has 1 fully saturated rings. The molecular formula is C22H26N2O5S. The molecule has 0 unspecified atom stereocenters. The first-order chi connectivity index (χ1) is 14.1. The molecule has 0 aromatic heterocycles. The largest absolute Gasteiger partial charge is 0.478 e. The van der Waals surface area contributed by atoms with Gasteiger partial charge in [0, 0.05) is 25.7 Å². The van der Waals surface area contributed by atoms with Crippen molar-refractivity contribution >= 4 is 27.6 Å². The first-order valence-electron chi connectivity index (χ1n) is 9.82. The third-order valence-corrected chi connectivity index (χ3v) is 7.22. The van der Waals surface area contributed by atoms with Crippen LogP contribution in [0, 0.1) is 11.8 Å². The number of piperidine rings is 1. The molecule has 1 aliphatic rings. The first kappa shape index (κ1) is 22.0. The molecule has 2 atom stereocenters. The third kappa shape index (κ3) is 4.39. The Morgan fingerprint density at radius 1 is 1.00 bits per heavy atom. The molecule has 8 heteroatoms. The molecule has 160 valence electrons. The van der Waals surface area contributed by atoms with Crippen LogP contribution >= 0.6 is 0 Å². The van der Waals surface area contributed by atoms with Gasteiger partial charge in [0.25, 0.3) is 5.91 Å². The van der Waals surface area contributed by atoms with E-state index >= 15 is 0 Å². The second-order valence-corrected chi connectivity index (χ2v) is 9.92. The average Bonchev–Trinajstić information content (AvgIpc) is 2.72. The number of para-hydroxylation sites is 1. The lowest BCUT2D eigenvalue weighted by molar-refractivity contribution is 0.0697. The zero-order valence-corrected chi connectivity index (χ0v) is 18.1. The number of anilines is 1. The summed E-state index contributed by atoms with van der Waals surface area (Å²) in [6, 6.07) is 12.0. The van der Waals surface area contributed by atoms with Gasteiger partial charge in [-0.25, -0.2) is 13.2 Å². The van der Waals surface area contributed by atoms with E-state index in [1.54, 1.807) is 18.2 Å². The standard InChI is InChI=1S/C22H26N2O5S/c1-15-12-16(2)14-24(13-15)30(28,29)18-10-8-17(9-11-18)21(25)23(3)20-7-5-4-6-19(20)22(26)27/h4-11,15-16H,12-14H2,1-3H3,(H,26,27)/t15-,16+. The Balaban J connectivity index is 1.83. The molecule has 0 spiro atoms. The number of hydrogen-bond acceptors (Lipinski definition) is 4. The fraction of sp³-hybridized carbons (Fsp3) is 0.364. The summed E-state index contributed by atoms with van der Waals surface area (Å²) < 4.78 is 27.5. The predicted molar refractivity (Wildman–Crippen MR) is 114 cm³/mol. The summed E-state index contributed by atoms with van der Waals surface area (Å²) in [5.41, 5.74) is 0.556. The number of rotatable bonds is 5. The van der Waals surface area contributed by atoms with E-state index in [9.17, 15) is 23.1 Å². The highest BCUT2D eigenvalue weighted by Gasteiger charge is 2.31. The van der Waals surface area contributed by atoms with Gasteiger partial charge in [0.1, 0.15) is 0 Å². The van der Waals surface area contributed by atoms with Crippen molar-refractivity contribution in [1.82, 2.24) is 4.31 Å². The topological polar surface area (TPSA) is 95.0 Å². The van der Waals surface area contributed by atoms with Crippen LogP contribution < -0.4 is 4.90 Å². The average molecular weight is 431 g/mol. The molecule has 1 saturated heterocycles. The van der Waals surface area contributed by atoms with Crippen molar-refractivity contribution < 1.29 is 23.1 Å². The van der Waals surface area contributed by atoms with Crippen LogP contribution in [-0.2, 0) is 10.0 Å². The number of sulfonamides is 1. The van der Waals surface area contributed by atoms with Crippen LogP contribution in [-0.4, -0.2) is 49.8 Å². The maximum Gasteiger partial charge on any atom is 0.337 e. The van der Waals surface area contributed by atoms with Gasteiger partial charge in [-0.2, -0.15) is 4.31 Å². The maximum absolute atomic E-state index is 13.0. The molecule has 1 amide bonds. The summed E-state index contributed by atoms with van der Waals surface area (Å²) in [5, 5.41) is 9.34. The van der Waals surface area contributed by atoms with E-state index < -0.39 is 21.9 Å². The van der Waals surface area contributed by atoms with E-state index in [-0.39, 0.29) is 21.7 Å². The highest BCUT2D eigenvalue weighted by Crippen LogP contribution is 2.27. The van der Waals surface area contributed by atoms with Crippen molar-refractivity contribution in [2.24, 2.45) is 11.8 Å². The van der Waals surface area contributed by atoms with Crippen molar-refractivity contribution in [1.29, 1.82) is 0 Å². The van der Waals surface area contributed by atoms with E-state index in [4.69, 9.17) is 0 Å². The van der Waals surface area contributed by atoms with Crippen LogP contribution in [0.2, 0.25) is 0 Å². The fourth-order valence-electron chi connectivity index (χ4n) is 3.97. The zero-order chi connectivity index (χ0) is 22.1. The Hall–Kier alpha value is -2.71. The Kier molecular flexibility index (Phi) is 6.28. The molecule has 3 rings (SSSR count). The van der Waals surface area contributed by atoms with Crippen LogP contribution in [0.4, 0.5) is 5.69 Å². The summed E-state index contributed by atoms with van der Waals surface area (Å²) in [7, 11) is -2.14. The summed E-state index contributed by atoms with van der Waals surface area (Å²) in [6.07, 6.45) is 1.00. The first-order valence-corrected chi connectivity index (χ1v) is 11.3. The second-order valence-electron chi connectivity index (χ2n) is 7.98. The lowest BCUT2D eigenvalue weighted by atomic mass is 9.94. The smallest absolute Gasteiger partial charge is 0.337 e. The highest BCUT2D eigenvalue weighted by molar-refractivity contribution is 7.89. The molecule has 2 aromatic rings. The number of amides is 1. The quantitative estimate of drug-likeness (QED) is 0.785. The molecule has 1 aliphatic heterocycles. The van der Waals surface area contributed by atoms with Gasteiger partial charge in [0.2, 0.25) is 10.0 Å². The molecule has 1 heterocycles. The van der Waals surface area contributed by atoms with Crippen LogP contribution in [0.25, 0.3) is 0 Å². The van der Waals surface area contributed by atoms with Crippen molar-refractivity contribution in [2.45, 2.75) is 25.2 Å². The van der Waals surface area contributed by atoms with Crippen molar-refractivity contribution in [2.75, 3.05) is 25.0 Å². The van der Waals surface area contributed by atoms with E-state index in [1.165, 1.54) is 46.6 Å². The molecule has 0 bridgehead atoms. The molecule has 2 aromatic carbocycles. The number of nitrogens with zero attached hydrogens (tertiary/aromatic N) is 2. The number of carboxylic acids is 1. The molecule has 0 aliphatic carbocycles. The van der Waals surface area contributed by atoms with Gasteiger partial charge in [-0.05, 0) is 54.7 Å². The van der Waals surface area contributed by atoms with Crippen LogP contribution in [0.1, 0.15) is 41.0 Å². The van der Waals surface area contributed by atoms with Gasteiger partial charge in [0.05, 0.1) is 16.1 Å². The third-order valence-electron chi connectivity index (χ3n) is 5.37. The van der Waals surface area contributed by atoms with Gasteiger partial charge in [-0.1, -0.05) is 26.0 Å². The Labute approximate surface area is 177 Å². The van der Waals surface area contributed by atoms with E-state index in [0.29, 0.717) is 24.9 Å². The Bertz CT molecular complexity index is 1040. The lowest BCUT2D eigenvalue weighted by Gasteiger charge is -2.34. The number of carbonyl (C=O) groups is 2. The summed E-state index contributed by atoms with van der Waals surface area (Å²) in [4.78, 5) is 25.7. The highest BCUT2D eigenvalue weighted by atomic mass is 32.2. The lowest BCUT2D eigenvalue weighted by Crippen LogP contribution is -2.42. The van der Waals surface area contributed by atoms with Gasteiger partial charge in [-0.15, -0.1) is 0 Å². The molecule has 0 radical (unpaired) electrons. The normalized spacial score (nSPS) is 20.0. The van der Waals surface area contributed by atoms with Gasteiger partial charge in [0.15, 0.2) is 0 Å². The predicted octanol–water partition coefficient (Wildman–Crippen LogP) is 3.33. The van der Waals surface area contributed by atoms with Crippen molar-refractivity contribution in [3.8, 4) is 0 Å². The molecule has 0 saturated carbocycles. The monoisotopic (exact) mass is 430 g/mol. The van der Waals surface area contributed by atoms with Gasteiger partial charge < -0.3 is 10.0 Å². The fourth-order valence-corrected chi connectivity index (χ4v) is 5.65. The molecule has 7 nitrogen and oxygen atoms in total. The molecule has 30 heavy (non-hydrogen) atoms. The number of carbonyl (C=O) groups excluding carboxylic acids is 1. The molecular weight excluding hydrogens is 404 g/mol. The van der Waals surface area contributed by atoms with Crippen molar-refractivity contribution in [3.05, 3.63) is 59.7 Å². The number of aromatic carboxylic acids is 1. The van der Waals surface area contributed by atoms with E-state index in [0.717, 1.165) is 6.42 Å². The number of benzene rings is 2. The minimum Gasteiger partial charge on any atom is -0.478 e. The number of hydrogen-bond donors (Lipinski definition) is 1. The Morgan fingerprint density at radius 3 is 2.13 bits per heavy atom. The van der Waals surface area contributed by atoms with Crippen LogP contribution in [0.5, 0.6) is 0 Å². The van der Waals surface area contributed by atoms with E-state index in [1.807, 2.05) is 13.8 Å². The minimum absolute atomic E-state index is 0.0147. The summed E-state index contributed by atoms with van der Waals surface area (Å²) in [5.74, 6) is -0.954. The van der Waals surface area contributed by atoms with E-state index in [2.05, 4.69) is 0 Å². The Morgan fingerprint density at radius 2 is 1.57 bits per heavy atom. The minimum atomic E-state index is -3.63. The second kappa shape index (κ2) is 8.57.